The van der Waals surface area contributed by atoms with E-state index in [1.165, 1.54) is 0 Å². The number of hydrogen-bond donors (Lipinski definition) is 0. The number of amides is 1. The molecule has 4 rings (SSSR count). The second-order valence-corrected chi connectivity index (χ2v) is 6.95. The normalized spacial score (nSPS) is 16.6. The van der Waals surface area contributed by atoms with Gasteiger partial charge in [0.15, 0.2) is 6.10 Å². The summed E-state index contributed by atoms with van der Waals surface area (Å²) in [5, 5.41) is 0. The number of carbonyl (C=O) groups excluding carboxylic acids is 1. The lowest BCUT2D eigenvalue weighted by molar-refractivity contribution is -0.126. The Morgan fingerprint density at radius 3 is 2.39 bits per heavy atom. The molecule has 0 radical (unpaired) electrons. The Balaban J connectivity index is 1.66. The number of ether oxygens (including phenoxy) is 2. The van der Waals surface area contributed by atoms with Crippen molar-refractivity contribution in [2.75, 3.05) is 11.5 Å². The number of nitrogens with zero attached hydrogens (tertiary/aromatic N) is 1. The fourth-order valence-electron chi connectivity index (χ4n) is 3.46. The van der Waals surface area contributed by atoms with Crippen molar-refractivity contribution in [3.8, 4) is 11.5 Å². The standard InChI is InChI=1S/C24H23NO3/c1-18-17-27-22-15-9-8-14-21(22)25(18)24(26)23(16-19-10-4-2-5-11-19)28-20-12-6-3-7-13-20/h2-15,18,23H,16-17H2,1H3/t18-,23+/m1/s1. The van der Waals surface area contributed by atoms with Crippen molar-refractivity contribution in [2.45, 2.75) is 25.5 Å². The van der Waals surface area contributed by atoms with Crippen LogP contribution in [0.3, 0.4) is 0 Å². The predicted molar refractivity (Wildman–Crippen MR) is 110 cm³/mol. The van der Waals surface area contributed by atoms with Crippen LogP contribution in [-0.2, 0) is 11.2 Å². The van der Waals surface area contributed by atoms with Gasteiger partial charge in [-0.05, 0) is 36.8 Å². The third kappa shape index (κ3) is 3.86. The van der Waals surface area contributed by atoms with Crippen LogP contribution in [0.15, 0.2) is 84.9 Å². The van der Waals surface area contributed by atoms with Crippen LogP contribution in [0, 0.1) is 0 Å². The first-order valence-electron chi connectivity index (χ1n) is 9.53. The Labute approximate surface area is 165 Å². The maximum atomic E-state index is 13.6. The summed E-state index contributed by atoms with van der Waals surface area (Å²) in [6.07, 6.45) is -0.126. The SMILES string of the molecule is C[C@@H]1COc2ccccc2N1C(=O)[C@H](Cc1ccccc1)Oc1ccccc1. The maximum absolute atomic E-state index is 13.6. The minimum absolute atomic E-state index is 0.0593. The number of carbonyl (C=O) groups is 1. The van der Waals surface area contributed by atoms with Gasteiger partial charge in [-0.15, -0.1) is 0 Å². The summed E-state index contributed by atoms with van der Waals surface area (Å²) in [4.78, 5) is 15.4. The highest BCUT2D eigenvalue weighted by Crippen LogP contribution is 2.34. The fourth-order valence-corrected chi connectivity index (χ4v) is 3.46. The number of benzene rings is 3. The first-order chi connectivity index (χ1) is 13.7. The van der Waals surface area contributed by atoms with Crippen LogP contribution in [-0.4, -0.2) is 24.7 Å². The zero-order chi connectivity index (χ0) is 19.3. The summed E-state index contributed by atoms with van der Waals surface area (Å²) in [6.45, 7) is 2.46. The predicted octanol–water partition coefficient (Wildman–Crippen LogP) is 4.49. The summed E-state index contributed by atoms with van der Waals surface area (Å²) < 4.78 is 12.0. The molecule has 4 nitrogen and oxygen atoms in total. The summed E-state index contributed by atoms with van der Waals surface area (Å²) in [6, 6.07) is 27.1. The van der Waals surface area contributed by atoms with Gasteiger partial charge in [0.2, 0.25) is 0 Å². The minimum atomic E-state index is -0.626. The number of rotatable bonds is 5. The molecule has 3 aromatic rings. The number of para-hydroxylation sites is 3. The zero-order valence-electron chi connectivity index (χ0n) is 15.8. The molecule has 1 aliphatic rings. The molecule has 0 N–H and O–H groups in total. The molecule has 28 heavy (non-hydrogen) atoms. The van der Waals surface area contributed by atoms with E-state index in [0.29, 0.717) is 18.8 Å². The van der Waals surface area contributed by atoms with Crippen LogP contribution in [0.4, 0.5) is 5.69 Å². The molecule has 0 spiro atoms. The first kappa shape index (κ1) is 18.1. The highest BCUT2D eigenvalue weighted by atomic mass is 16.5. The molecular weight excluding hydrogens is 350 g/mol. The van der Waals surface area contributed by atoms with E-state index in [0.717, 1.165) is 17.0 Å². The monoisotopic (exact) mass is 373 g/mol. The number of fused-ring (bicyclic) bond motifs is 1. The van der Waals surface area contributed by atoms with Crippen molar-refractivity contribution < 1.29 is 14.3 Å². The van der Waals surface area contributed by atoms with Crippen LogP contribution in [0.5, 0.6) is 11.5 Å². The molecule has 0 aromatic heterocycles. The molecule has 3 aromatic carbocycles. The van der Waals surface area contributed by atoms with E-state index < -0.39 is 6.10 Å². The van der Waals surface area contributed by atoms with Crippen molar-refractivity contribution in [3.05, 3.63) is 90.5 Å². The summed E-state index contributed by atoms with van der Waals surface area (Å²) in [5.74, 6) is 1.36. The van der Waals surface area contributed by atoms with Crippen molar-refractivity contribution in [1.29, 1.82) is 0 Å². The average molecular weight is 373 g/mol. The van der Waals surface area contributed by atoms with E-state index in [1.54, 1.807) is 0 Å². The third-order valence-corrected chi connectivity index (χ3v) is 4.84. The van der Waals surface area contributed by atoms with Gasteiger partial charge in [0.1, 0.15) is 18.1 Å². The lowest BCUT2D eigenvalue weighted by Crippen LogP contribution is -2.51. The quantitative estimate of drug-likeness (QED) is 0.661. The van der Waals surface area contributed by atoms with Crippen LogP contribution in [0.25, 0.3) is 0 Å². The van der Waals surface area contributed by atoms with E-state index in [9.17, 15) is 4.79 Å². The molecule has 0 saturated heterocycles. The number of anilines is 1. The third-order valence-electron chi connectivity index (χ3n) is 4.84. The largest absolute Gasteiger partial charge is 0.489 e. The summed E-state index contributed by atoms with van der Waals surface area (Å²) >= 11 is 0. The Bertz CT molecular complexity index is 885. The van der Waals surface area contributed by atoms with E-state index in [4.69, 9.17) is 9.47 Å². The Morgan fingerprint density at radius 1 is 1.00 bits per heavy atom. The van der Waals surface area contributed by atoms with Crippen LogP contribution < -0.4 is 14.4 Å². The van der Waals surface area contributed by atoms with Crippen molar-refractivity contribution in [1.82, 2.24) is 0 Å². The molecule has 4 heteroatoms. The lowest BCUT2D eigenvalue weighted by atomic mass is 10.0. The Kier molecular flexibility index (Phi) is 5.29. The van der Waals surface area contributed by atoms with Crippen LogP contribution >= 0.6 is 0 Å². The molecule has 1 aliphatic heterocycles. The number of hydrogen-bond acceptors (Lipinski definition) is 3. The molecular formula is C24H23NO3. The topological polar surface area (TPSA) is 38.8 Å². The van der Waals surface area contributed by atoms with Gasteiger partial charge >= 0.3 is 0 Å². The molecule has 142 valence electrons. The van der Waals surface area contributed by atoms with Gasteiger partial charge in [-0.3, -0.25) is 9.69 Å². The molecule has 0 fully saturated rings. The van der Waals surface area contributed by atoms with E-state index in [1.807, 2.05) is 96.8 Å². The van der Waals surface area contributed by atoms with Gasteiger partial charge in [0.25, 0.3) is 5.91 Å². The lowest BCUT2D eigenvalue weighted by Gasteiger charge is -2.37. The molecule has 1 heterocycles. The second kappa shape index (κ2) is 8.17. The van der Waals surface area contributed by atoms with Gasteiger partial charge in [-0.25, -0.2) is 0 Å². The van der Waals surface area contributed by atoms with E-state index in [2.05, 4.69) is 0 Å². The van der Waals surface area contributed by atoms with Crippen molar-refractivity contribution in [2.24, 2.45) is 0 Å². The zero-order valence-corrected chi connectivity index (χ0v) is 15.8. The molecule has 2 atom stereocenters. The highest BCUT2D eigenvalue weighted by Gasteiger charge is 2.35. The Morgan fingerprint density at radius 2 is 1.64 bits per heavy atom. The van der Waals surface area contributed by atoms with Gasteiger partial charge in [0.05, 0.1) is 11.7 Å². The second-order valence-electron chi connectivity index (χ2n) is 6.95. The van der Waals surface area contributed by atoms with Gasteiger partial charge in [-0.1, -0.05) is 60.7 Å². The molecule has 0 aliphatic carbocycles. The van der Waals surface area contributed by atoms with Crippen molar-refractivity contribution >= 4 is 11.6 Å². The molecule has 0 unspecified atom stereocenters. The first-order valence-corrected chi connectivity index (χ1v) is 9.53. The smallest absolute Gasteiger partial charge is 0.268 e. The van der Waals surface area contributed by atoms with Crippen LogP contribution in [0.2, 0.25) is 0 Å². The Hall–Kier alpha value is -3.27. The molecule has 0 bridgehead atoms. The molecule has 1 amide bonds. The maximum Gasteiger partial charge on any atom is 0.268 e. The minimum Gasteiger partial charge on any atom is -0.489 e. The summed E-state index contributed by atoms with van der Waals surface area (Å²) in [5.41, 5.74) is 1.85. The molecule has 0 saturated carbocycles. The average Bonchev–Trinajstić information content (AvgIpc) is 2.74. The van der Waals surface area contributed by atoms with Crippen molar-refractivity contribution in [3.63, 3.8) is 0 Å². The van der Waals surface area contributed by atoms with E-state index in [-0.39, 0.29) is 11.9 Å². The van der Waals surface area contributed by atoms with Crippen LogP contribution in [0.1, 0.15) is 12.5 Å². The van der Waals surface area contributed by atoms with Gasteiger partial charge in [-0.2, -0.15) is 0 Å². The van der Waals surface area contributed by atoms with Gasteiger partial charge in [0, 0.05) is 6.42 Å². The fraction of sp³-hybridized carbons (Fsp3) is 0.208. The highest BCUT2D eigenvalue weighted by molar-refractivity contribution is 5.99. The summed E-state index contributed by atoms with van der Waals surface area (Å²) in [7, 11) is 0. The van der Waals surface area contributed by atoms with Gasteiger partial charge < -0.3 is 9.47 Å². The van der Waals surface area contributed by atoms with E-state index >= 15 is 0 Å².